The van der Waals surface area contributed by atoms with Gasteiger partial charge in [0, 0.05) is 62.9 Å². The molecule has 0 fully saturated rings. The van der Waals surface area contributed by atoms with Gasteiger partial charge >= 0.3 is 0 Å². The third kappa shape index (κ3) is 186. The van der Waals surface area contributed by atoms with E-state index >= 15 is 0 Å². The minimum atomic E-state index is -0.495. The van der Waals surface area contributed by atoms with Gasteiger partial charge in [-0.05, 0) is 60.3 Å². The number of aldehydes is 2. The van der Waals surface area contributed by atoms with Crippen LogP contribution in [0.5, 0.6) is 0 Å². The van der Waals surface area contributed by atoms with Crippen molar-refractivity contribution < 1.29 is 36.3 Å². The lowest BCUT2D eigenvalue weighted by molar-refractivity contribution is -0.121. The molecule has 0 rings (SSSR count). The molecule has 0 aromatic rings. The Kier molecular flexibility index (Phi) is 131. The van der Waals surface area contributed by atoms with Crippen molar-refractivity contribution in [1.29, 1.82) is 0 Å². The van der Waals surface area contributed by atoms with E-state index < -0.39 is 12.5 Å². The fourth-order valence-electron chi connectivity index (χ4n) is 2.33. The summed E-state index contributed by atoms with van der Waals surface area (Å²) in [6.07, 6.45) is 12.2. The van der Waals surface area contributed by atoms with Gasteiger partial charge in [0.15, 0.2) is 0 Å². The third-order valence-corrected chi connectivity index (χ3v) is 5.92. The predicted octanol–water partition coefficient (Wildman–Crippen LogP) is 14.8. The van der Waals surface area contributed by atoms with Crippen molar-refractivity contribution in [3.8, 4) is 0 Å². The third-order valence-electron chi connectivity index (χ3n) is 5.92. The first kappa shape index (κ1) is 78.1. The van der Waals surface area contributed by atoms with Gasteiger partial charge in [-0.1, -0.05) is 157 Å². The fraction of sp³-hybridized carbons (Fsp3) is 0.851. The van der Waals surface area contributed by atoms with Crippen LogP contribution >= 0.6 is 0 Å². The van der Waals surface area contributed by atoms with Crippen LogP contribution in [-0.2, 0) is 46.0 Å². The monoisotopic (exact) mass is 830 g/mol. The van der Waals surface area contributed by atoms with Gasteiger partial charge in [0.1, 0.15) is 44.2 Å². The average Bonchev–Trinajstić information content (AvgIpc) is 3.14. The lowest BCUT2D eigenvalue weighted by atomic mass is 10.0. The maximum Gasteiger partial charge on any atom is 0.132 e. The maximum atomic E-state index is 10.5. The number of nitrogens with zero attached hydrogens (tertiary/aromatic N) is 1. The largest absolute Gasteiger partial charge is 0.303 e. The van der Waals surface area contributed by atoms with Crippen LogP contribution in [0.2, 0.25) is 0 Å². The van der Waals surface area contributed by atoms with E-state index in [4.69, 9.17) is 2.74 Å². The van der Waals surface area contributed by atoms with E-state index in [2.05, 4.69) is 72.2 Å². The van der Waals surface area contributed by atoms with Crippen LogP contribution < -0.4 is 0 Å². The Labute approximate surface area is 361 Å². The van der Waals surface area contributed by atoms with Gasteiger partial charge in [-0.15, -0.1) is 0 Å². The second-order valence-corrected chi connectivity index (χ2v) is 12.7. The summed E-state index contributed by atoms with van der Waals surface area (Å²) in [5.41, 5.74) is 0. The van der Waals surface area contributed by atoms with Crippen molar-refractivity contribution in [3.05, 3.63) is 0 Å². The van der Waals surface area contributed by atoms with Gasteiger partial charge in [-0.2, -0.15) is 0 Å². The summed E-state index contributed by atoms with van der Waals surface area (Å²) in [6.45, 7) is 40.2. The molecule has 0 saturated heterocycles. The van der Waals surface area contributed by atoms with Crippen LogP contribution in [-0.4, -0.2) is 48.5 Å². The summed E-state index contributed by atoms with van der Waals surface area (Å²) in [6, 6.07) is 0. The number of Topliss-reactive ketones (excluding diaryl/α,β-unsaturated/α-hetero) is 5. The van der Waals surface area contributed by atoms with Crippen LogP contribution in [0.15, 0.2) is 4.36 Å². The normalized spacial score (nSPS) is 9.89. The maximum absolute atomic E-state index is 10.5. The van der Waals surface area contributed by atoms with Crippen LogP contribution in [0.1, 0.15) is 245 Å². The van der Waals surface area contributed by atoms with E-state index in [0.29, 0.717) is 42.4 Å². The van der Waals surface area contributed by atoms with E-state index in [1.165, 1.54) is 12.8 Å². The summed E-state index contributed by atoms with van der Waals surface area (Å²) < 4.78 is 15.5. The van der Waals surface area contributed by atoms with Crippen molar-refractivity contribution in [2.24, 2.45) is 22.1 Å². The van der Waals surface area contributed by atoms with Gasteiger partial charge < -0.3 is 19.2 Å². The lowest BCUT2D eigenvalue weighted by Gasteiger charge is -2.01. The number of rotatable bonds is 15. The Balaban J connectivity index is -0.0000000410. The zero-order chi connectivity index (χ0) is 48.4. The van der Waals surface area contributed by atoms with Crippen LogP contribution in [0.25, 0.3) is 0 Å². The highest BCUT2D eigenvalue weighted by molar-refractivity contribution is 7.47. The molecule has 0 heterocycles. The Bertz CT molecular complexity index is 767. The molecule has 0 aromatic carbocycles. The van der Waals surface area contributed by atoms with Crippen molar-refractivity contribution in [2.45, 2.75) is 243 Å². The number of carbonyl (C=O) groups is 7. The van der Waals surface area contributed by atoms with Crippen LogP contribution in [0, 0.1) is 17.8 Å². The Morgan fingerprint density at radius 2 is 0.732 bits per heavy atom. The molecular weight excluding hydrogens is 723 g/mol. The topological polar surface area (TPSA) is 132 Å². The highest BCUT2D eigenvalue weighted by atomic mass is 32.1. The van der Waals surface area contributed by atoms with Crippen molar-refractivity contribution in [2.75, 3.05) is 7.05 Å². The standard InChI is InChI=1S/3C7H14O.C6H12O.C4H8O.2C3H6O.2C3H8.C2H6.CH3NS.CH4/c3*1-4-5-6(2)7(3)8;1-3-4-5-6(2)7;1-3-4(2)5;2*1-2-3-4;2*1-3-2;1-2;1-2-3;/h3*6H,4-5H2,1-3H3;3-5H2,1-2H3;3H2,1-2H3;2*3H,2H2,1H3;2*3H2,1-2H3;1-2H3;1H3;1H4/i;;;;;2*3T;;;;;. The molecule has 0 N–H and O–H groups in total. The highest BCUT2D eigenvalue weighted by Crippen LogP contribution is 2.05. The SMILES string of the molecule is C.CC.CCC.CCC.CCC(C)=O.CCCC(C)C(C)=O.CCCC(C)C(C)=O.CCCC(C)C(C)=O.CCCCC(C)=O.CN=S.[3H]C(=O)CC.[3H]C(=O)CC. The molecule has 0 spiro atoms. The highest BCUT2D eigenvalue weighted by Gasteiger charge is 2.05. The van der Waals surface area contributed by atoms with Crippen LogP contribution in [0.3, 0.4) is 0 Å². The molecule has 0 bridgehead atoms. The summed E-state index contributed by atoms with van der Waals surface area (Å²) >= 11 is 4.02. The van der Waals surface area contributed by atoms with E-state index in [0.717, 1.165) is 57.8 Å². The Morgan fingerprint density at radius 3 is 0.768 bits per heavy atom. The zero-order valence-electron chi connectivity index (χ0n) is 42.8. The molecule has 0 amide bonds. The molecule has 0 aliphatic carbocycles. The van der Waals surface area contributed by atoms with E-state index in [9.17, 15) is 33.6 Å². The molecule has 9 heteroatoms. The molecule has 0 aliphatic rings. The smallest absolute Gasteiger partial charge is 0.132 e. The summed E-state index contributed by atoms with van der Waals surface area (Å²) in [5, 5.41) is 0. The molecule has 56 heavy (non-hydrogen) atoms. The average molecular weight is 830 g/mol. The van der Waals surface area contributed by atoms with Crippen molar-refractivity contribution in [1.82, 2.24) is 0 Å². The second-order valence-electron chi connectivity index (χ2n) is 12.4. The molecule has 0 aromatic heterocycles. The summed E-state index contributed by atoms with van der Waals surface area (Å²) in [4.78, 5) is 70.6. The first-order chi connectivity index (χ1) is 26.4. The quantitative estimate of drug-likeness (QED) is 0.149. The van der Waals surface area contributed by atoms with E-state index in [1.54, 1.807) is 55.5 Å². The van der Waals surface area contributed by atoms with Gasteiger partial charge in [-0.3, -0.25) is 14.4 Å². The van der Waals surface area contributed by atoms with E-state index in [1.807, 2.05) is 41.5 Å². The lowest BCUT2D eigenvalue weighted by Crippen LogP contribution is -2.04. The summed E-state index contributed by atoms with van der Waals surface area (Å²) in [5.74, 6) is 2.33. The molecule has 3 atom stereocenters. The summed E-state index contributed by atoms with van der Waals surface area (Å²) in [7, 11) is 1.56. The minimum absolute atomic E-state index is 0. The van der Waals surface area contributed by atoms with Crippen molar-refractivity contribution >= 4 is 53.9 Å². The first-order valence-corrected chi connectivity index (χ1v) is 21.4. The Hall–Kier alpha value is -2.29. The van der Waals surface area contributed by atoms with Gasteiger partial charge in [0.25, 0.3) is 0 Å². The molecular formula is C47H103NO7S. The zero-order valence-corrected chi connectivity index (χ0v) is 41.7. The van der Waals surface area contributed by atoms with Gasteiger partial charge in [-0.25, -0.2) is 4.36 Å². The molecule has 0 radical (unpaired) electrons. The number of hydrogen-bond donors (Lipinski definition) is 0. The van der Waals surface area contributed by atoms with E-state index in [-0.39, 0.29) is 31.0 Å². The number of hydrogen-bond acceptors (Lipinski definition) is 9. The first-order valence-electron chi connectivity index (χ1n) is 22.1. The van der Waals surface area contributed by atoms with Gasteiger partial charge in [0.2, 0.25) is 0 Å². The fourth-order valence-corrected chi connectivity index (χ4v) is 2.33. The molecule has 3 unspecified atom stereocenters. The molecule has 8 nitrogen and oxygen atoms in total. The minimum Gasteiger partial charge on any atom is -0.303 e. The van der Waals surface area contributed by atoms with Crippen LogP contribution in [0.4, 0.5) is 0 Å². The number of ketones is 5. The molecule has 344 valence electrons. The molecule has 0 aliphatic heterocycles. The van der Waals surface area contributed by atoms with Gasteiger partial charge in [0.05, 0.1) is 0 Å². The number of unbranched alkanes of at least 4 members (excludes halogenated alkanes) is 1. The number of carbonyl (C=O) groups excluding carboxylic acids is 7. The van der Waals surface area contributed by atoms with Crippen molar-refractivity contribution in [3.63, 3.8) is 0 Å². The second kappa shape index (κ2) is 94.1. The Morgan fingerprint density at radius 1 is 0.554 bits per heavy atom. The predicted molar refractivity (Wildman–Crippen MR) is 254 cm³/mol. The molecule has 0 saturated carbocycles.